The lowest BCUT2D eigenvalue weighted by Crippen LogP contribution is -1.96. The molecule has 0 amide bonds. The Hall–Kier alpha value is -2.69. The van der Waals surface area contributed by atoms with Gasteiger partial charge in [0.25, 0.3) is 0 Å². The van der Waals surface area contributed by atoms with Crippen LogP contribution in [0.25, 0.3) is 22.2 Å². The zero-order valence-corrected chi connectivity index (χ0v) is 11.3. The van der Waals surface area contributed by atoms with Crippen LogP contribution in [0.5, 0.6) is 0 Å². The second-order valence-electron chi connectivity index (χ2n) is 4.79. The molecule has 0 aliphatic heterocycles. The van der Waals surface area contributed by atoms with E-state index in [1.165, 1.54) is 0 Å². The Balaban J connectivity index is 1.86. The SMILES string of the molecule is O=C(O)CCCc1nc(-c2cccc3ccccc23)no1. The molecule has 0 saturated carbocycles. The Kier molecular flexibility index (Phi) is 3.64. The van der Waals surface area contributed by atoms with Crippen LogP contribution in [0.2, 0.25) is 0 Å². The van der Waals surface area contributed by atoms with Gasteiger partial charge in [0.05, 0.1) is 0 Å². The zero-order valence-electron chi connectivity index (χ0n) is 11.3. The van der Waals surface area contributed by atoms with Gasteiger partial charge in [0.1, 0.15) is 0 Å². The molecule has 0 fully saturated rings. The monoisotopic (exact) mass is 282 g/mol. The van der Waals surface area contributed by atoms with Crippen molar-refractivity contribution in [1.82, 2.24) is 10.1 Å². The van der Waals surface area contributed by atoms with E-state index in [4.69, 9.17) is 9.63 Å². The Morgan fingerprint density at radius 1 is 1.14 bits per heavy atom. The molecule has 0 aliphatic carbocycles. The molecule has 0 radical (unpaired) electrons. The number of rotatable bonds is 5. The van der Waals surface area contributed by atoms with Gasteiger partial charge in [-0.05, 0) is 17.2 Å². The van der Waals surface area contributed by atoms with Gasteiger partial charge in [0.15, 0.2) is 0 Å². The van der Waals surface area contributed by atoms with E-state index >= 15 is 0 Å². The zero-order chi connectivity index (χ0) is 14.7. The van der Waals surface area contributed by atoms with Gasteiger partial charge in [-0.1, -0.05) is 47.6 Å². The summed E-state index contributed by atoms with van der Waals surface area (Å²) in [5.41, 5.74) is 0.918. The van der Waals surface area contributed by atoms with Crippen LogP contribution in [-0.2, 0) is 11.2 Å². The second kappa shape index (κ2) is 5.75. The number of aromatic nitrogens is 2. The van der Waals surface area contributed by atoms with Gasteiger partial charge in [-0.3, -0.25) is 4.79 Å². The van der Waals surface area contributed by atoms with Crippen molar-refractivity contribution in [2.45, 2.75) is 19.3 Å². The molecule has 5 nitrogen and oxygen atoms in total. The van der Waals surface area contributed by atoms with Crippen molar-refractivity contribution in [3.63, 3.8) is 0 Å². The molecule has 1 N–H and O–H groups in total. The molecule has 0 unspecified atom stereocenters. The Bertz CT molecular complexity index is 775. The number of hydrogen-bond donors (Lipinski definition) is 1. The van der Waals surface area contributed by atoms with E-state index in [1.807, 2.05) is 42.5 Å². The fourth-order valence-corrected chi connectivity index (χ4v) is 2.28. The van der Waals surface area contributed by atoms with E-state index in [0.717, 1.165) is 16.3 Å². The van der Waals surface area contributed by atoms with Gasteiger partial charge in [0.2, 0.25) is 11.7 Å². The average Bonchev–Trinajstić information content (AvgIpc) is 2.95. The number of aryl methyl sites for hydroxylation is 1. The summed E-state index contributed by atoms with van der Waals surface area (Å²) < 4.78 is 5.20. The lowest BCUT2D eigenvalue weighted by Gasteiger charge is -2.01. The van der Waals surface area contributed by atoms with Crippen molar-refractivity contribution in [2.75, 3.05) is 0 Å². The summed E-state index contributed by atoms with van der Waals surface area (Å²) >= 11 is 0. The average molecular weight is 282 g/mol. The number of fused-ring (bicyclic) bond motifs is 1. The lowest BCUT2D eigenvalue weighted by atomic mass is 10.0. The van der Waals surface area contributed by atoms with Gasteiger partial charge < -0.3 is 9.63 Å². The maximum atomic E-state index is 10.5. The molecule has 0 bridgehead atoms. The minimum Gasteiger partial charge on any atom is -0.481 e. The van der Waals surface area contributed by atoms with Crippen molar-refractivity contribution < 1.29 is 14.4 Å². The molecule has 2 aromatic carbocycles. The summed E-state index contributed by atoms with van der Waals surface area (Å²) in [7, 11) is 0. The standard InChI is InChI=1S/C16H14N2O3/c19-15(20)10-4-9-14-17-16(18-21-14)13-8-3-6-11-5-1-2-7-12(11)13/h1-3,5-8H,4,9-10H2,(H,19,20). The number of carboxylic acid groups (broad SMARTS) is 1. The number of carbonyl (C=O) groups is 1. The number of nitrogens with zero attached hydrogens (tertiary/aromatic N) is 2. The van der Waals surface area contributed by atoms with Crippen LogP contribution in [0, 0.1) is 0 Å². The molecular formula is C16H14N2O3. The summed E-state index contributed by atoms with van der Waals surface area (Å²) in [5.74, 6) is 0.195. The number of benzene rings is 2. The van der Waals surface area contributed by atoms with Crippen molar-refractivity contribution in [3.8, 4) is 11.4 Å². The highest BCUT2D eigenvalue weighted by Crippen LogP contribution is 2.26. The third-order valence-electron chi connectivity index (χ3n) is 3.28. The Morgan fingerprint density at radius 3 is 2.81 bits per heavy atom. The van der Waals surface area contributed by atoms with Gasteiger partial charge in [-0.2, -0.15) is 4.98 Å². The quantitative estimate of drug-likeness (QED) is 0.777. The Labute approximate surface area is 121 Å². The first-order valence-electron chi connectivity index (χ1n) is 6.76. The van der Waals surface area contributed by atoms with E-state index in [9.17, 15) is 4.79 Å². The van der Waals surface area contributed by atoms with Crippen molar-refractivity contribution in [3.05, 3.63) is 48.4 Å². The third kappa shape index (κ3) is 2.91. The summed E-state index contributed by atoms with van der Waals surface area (Å²) in [6.45, 7) is 0. The predicted molar refractivity (Wildman–Crippen MR) is 77.8 cm³/mol. The van der Waals surface area contributed by atoms with Crippen LogP contribution in [0.1, 0.15) is 18.7 Å². The van der Waals surface area contributed by atoms with Crippen LogP contribution in [0.3, 0.4) is 0 Å². The molecule has 1 heterocycles. The van der Waals surface area contributed by atoms with Gasteiger partial charge in [-0.15, -0.1) is 0 Å². The van der Waals surface area contributed by atoms with Crippen LogP contribution < -0.4 is 0 Å². The van der Waals surface area contributed by atoms with Gasteiger partial charge >= 0.3 is 5.97 Å². The number of hydrogen-bond acceptors (Lipinski definition) is 4. The highest BCUT2D eigenvalue weighted by molar-refractivity contribution is 5.94. The first kappa shape index (κ1) is 13.3. The van der Waals surface area contributed by atoms with Gasteiger partial charge in [-0.25, -0.2) is 0 Å². The normalized spacial score (nSPS) is 10.9. The molecule has 0 spiro atoms. The first-order chi connectivity index (χ1) is 10.2. The molecule has 5 heteroatoms. The fraction of sp³-hybridized carbons (Fsp3) is 0.188. The van der Waals surface area contributed by atoms with Crippen molar-refractivity contribution in [2.24, 2.45) is 0 Å². The molecule has 1 aromatic heterocycles. The number of aliphatic carboxylic acids is 1. The van der Waals surface area contributed by atoms with E-state index in [2.05, 4.69) is 10.1 Å². The molecule has 21 heavy (non-hydrogen) atoms. The van der Waals surface area contributed by atoms with E-state index in [1.54, 1.807) is 0 Å². The summed E-state index contributed by atoms with van der Waals surface area (Å²) in [6, 6.07) is 14.0. The molecule has 3 aromatic rings. The van der Waals surface area contributed by atoms with E-state index in [-0.39, 0.29) is 6.42 Å². The number of carboxylic acids is 1. The van der Waals surface area contributed by atoms with Crippen molar-refractivity contribution >= 4 is 16.7 Å². The second-order valence-corrected chi connectivity index (χ2v) is 4.79. The predicted octanol–water partition coefficient (Wildman–Crippen LogP) is 3.30. The topological polar surface area (TPSA) is 76.2 Å². The molecule has 106 valence electrons. The smallest absolute Gasteiger partial charge is 0.303 e. The maximum absolute atomic E-state index is 10.5. The van der Waals surface area contributed by atoms with Crippen LogP contribution in [-0.4, -0.2) is 21.2 Å². The third-order valence-corrected chi connectivity index (χ3v) is 3.28. The summed E-state index contributed by atoms with van der Waals surface area (Å²) in [4.78, 5) is 14.9. The Morgan fingerprint density at radius 2 is 1.95 bits per heavy atom. The van der Waals surface area contributed by atoms with Gasteiger partial charge in [0, 0.05) is 18.4 Å². The largest absolute Gasteiger partial charge is 0.481 e. The summed E-state index contributed by atoms with van der Waals surface area (Å²) in [6.07, 6.45) is 1.07. The molecule has 0 atom stereocenters. The molecule has 3 rings (SSSR count). The highest BCUT2D eigenvalue weighted by atomic mass is 16.5. The van der Waals surface area contributed by atoms with Crippen LogP contribution in [0.15, 0.2) is 47.0 Å². The minimum atomic E-state index is -0.816. The fourth-order valence-electron chi connectivity index (χ4n) is 2.28. The molecule has 0 saturated heterocycles. The molecule has 0 aliphatic rings. The minimum absolute atomic E-state index is 0.103. The van der Waals surface area contributed by atoms with Crippen molar-refractivity contribution in [1.29, 1.82) is 0 Å². The van der Waals surface area contributed by atoms with Crippen LogP contribution in [0.4, 0.5) is 0 Å². The maximum Gasteiger partial charge on any atom is 0.303 e. The lowest BCUT2D eigenvalue weighted by molar-refractivity contribution is -0.137. The van der Waals surface area contributed by atoms with E-state index < -0.39 is 5.97 Å². The summed E-state index contributed by atoms with van der Waals surface area (Å²) in [5, 5.41) is 14.8. The van der Waals surface area contributed by atoms with E-state index in [0.29, 0.717) is 24.6 Å². The van der Waals surface area contributed by atoms with Crippen LogP contribution >= 0.6 is 0 Å². The first-order valence-corrected chi connectivity index (χ1v) is 6.76. The molecular weight excluding hydrogens is 268 g/mol. The highest BCUT2D eigenvalue weighted by Gasteiger charge is 2.11.